The number of hydrogen-bond acceptors (Lipinski definition) is 4. The molecule has 2 heterocycles. The number of methoxy groups -OCH3 is 1. The summed E-state index contributed by atoms with van der Waals surface area (Å²) in [5, 5.41) is 0. The lowest BCUT2D eigenvalue weighted by atomic mass is 9.87. The minimum absolute atomic E-state index is 0.651. The average molecular weight is 247 g/mol. The molecule has 0 aliphatic carbocycles. The van der Waals surface area contributed by atoms with Crippen molar-refractivity contribution < 1.29 is 4.74 Å². The number of nitrogen functional groups attached to an aromatic ring is 2. The first-order valence-corrected chi connectivity index (χ1v) is 6.68. The average Bonchev–Trinajstić information content (AvgIpc) is 2.37. The van der Waals surface area contributed by atoms with Crippen LogP contribution in [0.3, 0.4) is 0 Å². The maximum absolute atomic E-state index is 6.21. The molecule has 0 spiro atoms. The van der Waals surface area contributed by atoms with E-state index in [-0.39, 0.29) is 0 Å². The number of ether oxygens (including phenoxy) is 1. The summed E-state index contributed by atoms with van der Waals surface area (Å²) in [6.45, 7) is 2.19. The van der Waals surface area contributed by atoms with Crippen molar-refractivity contribution in [2.24, 2.45) is 0 Å². The lowest BCUT2D eigenvalue weighted by Crippen LogP contribution is -2.43. The van der Waals surface area contributed by atoms with Crippen molar-refractivity contribution in [3.8, 4) is 5.75 Å². The van der Waals surface area contributed by atoms with Gasteiger partial charge in [0.2, 0.25) is 0 Å². The highest BCUT2D eigenvalue weighted by atomic mass is 16.5. The van der Waals surface area contributed by atoms with Gasteiger partial charge in [-0.3, -0.25) is 4.90 Å². The number of benzene rings is 1. The van der Waals surface area contributed by atoms with Gasteiger partial charge in [0.25, 0.3) is 0 Å². The Morgan fingerprint density at radius 3 is 2.94 bits per heavy atom. The maximum Gasteiger partial charge on any atom is 0.164 e. The molecule has 2 aliphatic heterocycles. The summed E-state index contributed by atoms with van der Waals surface area (Å²) in [4.78, 5) is 2.57. The number of anilines is 2. The van der Waals surface area contributed by atoms with Gasteiger partial charge in [0.15, 0.2) is 5.75 Å². The van der Waals surface area contributed by atoms with Crippen molar-refractivity contribution in [3.63, 3.8) is 0 Å². The van der Waals surface area contributed by atoms with E-state index in [1.165, 1.54) is 36.9 Å². The van der Waals surface area contributed by atoms with Gasteiger partial charge in [-0.15, -0.1) is 0 Å². The minimum Gasteiger partial charge on any atom is -0.492 e. The van der Waals surface area contributed by atoms with Gasteiger partial charge in [-0.25, -0.2) is 0 Å². The quantitative estimate of drug-likeness (QED) is 0.742. The summed E-state index contributed by atoms with van der Waals surface area (Å²) in [6, 6.07) is 2.69. The number of piperidine rings is 1. The van der Waals surface area contributed by atoms with Crippen molar-refractivity contribution in [1.82, 2.24) is 4.90 Å². The highest BCUT2D eigenvalue weighted by molar-refractivity contribution is 5.73. The Morgan fingerprint density at radius 2 is 2.17 bits per heavy atom. The summed E-state index contributed by atoms with van der Waals surface area (Å²) in [6.07, 6.45) is 4.97. The Morgan fingerprint density at radius 1 is 1.33 bits per heavy atom. The standard InChI is InChI=1S/C14H21N3O/c1-18-14-12(15)6-9-8-17-5-3-2-4-10(17)7-11(9)13(14)16/h6,10H,2-5,7-8,15-16H2,1H3. The number of hydrogen-bond donors (Lipinski definition) is 2. The fourth-order valence-corrected chi connectivity index (χ4v) is 3.37. The highest BCUT2D eigenvalue weighted by Gasteiger charge is 2.30. The fourth-order valence-electron chi connectivity index (χ4n) is 3.37. The molecule has 1 unspecified atom stereocenters. The van der Waals surface area contributed by atoms with Crippen molar-refractivity contribution >= 4 is 11.4 Å². The van der Waals surface area contributed by atoms with Crippen LogP contribution in [0.5, 0.6) is 5.75 Å². The van der Waals surface area contributed by atoms with E-state index in [4.69, 9.17) is 16.2 Å². The third-order valence-electron chi connectivity index (χ3n) is 4.32. The summed E-state index contributed by atoms with van der Waals surface area (Å²) in [5.74, 6) is 0.651. The number of nitrogens with two attached hydrogens (primary N) is 2. The first-order valence-electron chi connectivity index (χ1n) is 6.68. The third-order valence-corrected chi connectivity index (χ3v) is 4.32. The molecule has 1 saturated heterocycles. The molecule has 4 heteroatoms. The van der Waals surface area contributed by atoms with Gasteiger partial charge in [-0.1, -0.05) is 6.42 Å². The van der Waals surface area contributed by atoms with Gasteiger partial charge in [-0.2, -0.15) is 0 Å². The Bertz CT molecular complexity index is 473. The van der Waals surface area contributed by atoms with E-state index < -0.39 is 0 Å². The number of rotatable bonds is 1. The lowest BCUT2D eigenvalue weighted by molar-refractivity contribution is 0.127. The van der Waals surface area contributed by atoms with E-state index in [2.05, 4.69) is 4.90 Å². The van der Waals surface area contributed by atoms with Crippen molar-refractivity contribution in [2.75, 3.05) is 25.1 Å². The summed E-state index contributed by atoms with van der Waals surface area (Å²) in [7, 11) is 1.63. The van der Waals surface area contributed by atoms with E-state index >= 15 is 0 Å². The molecule has 3 rings (SSSR count). The second-order valence-electron chi connectivity index (χ2n) is 5.37. The molecule has 0 saturated carbocycles. The van der Waals surface area contributed by atoms with Gasteiger partial charge in [0.1, 0.15) is 0 Å². The van der Waals surface area contributed by atoms with Gasteiger partial charge in [0.05, 0.1) is 18.5 Å². The molecule has 98 valence electrons. The smallest absolute Gasteiger partial charge is 0.164 e. The molecule has 0 amide bonds. The zero-order valence-corrected chi connectivity index (χ0v) is 10.9. The second-order valence-corrected chi connectivity index (χ2v) is 5.37. The second kappa shape index (κ2) is 4.35. The van der Waals surface area contributed by atoms with Crippen LogP contribution >= 0.6 is 0 Å². The Labute approximate surface area is 108 Å². The molecule has 18 heavy (non-hydrogen) atoms. The van der Waals surface area contributed by atoms with Crippen molar-refractivity contribution in [3.05, 3.63) is 17.2 Å². The predicted octanol–water partition coefficient (Wildman–Crippen LogP) is 1.77. The Hall–Kier alpha value is -1.42. The molecule has 1 atom stereocenters. The molecule has 2 aliphatic rings. The zero-order chi connectivity index (χ0) is 12.7. The summed E-state index contributed by atoms with van der Waals surface area (Å²) < 4.78 is 5.31. The summed E-state index contributed by atoms with van der Waals surface area (Å²) in [5.41, 5.74) is 16.2. The molecule has 0 bridgehead atoms. The molecule has 4 nitrogen and oxygen atoms in total. The lowest BCUT2D eigenvalue weighted by Gasteiger charge is -2.40. The van der Waals surface area contributed by atoms with E-state index in [9.17, 15) is 0 Å². The Balaban J connectivity index is 2.02. The van der Waals surface area contributed by atoms with Gasteiger partial charge in [0, 0.05) is 12.6 Å². The molecule has 0 radical (unpaired) electrons. The first-order chi connectivity index (χ1) is 8.70. The van der Waals surface area contributed by atoms with Crippen LogP contribution in [0, 0.1) is 0 Å². The van der Waals surface area contributed by atoms with Gasteiger partial charge >= 0.3 is 0 Å². The van der Waals surface area contributed by atoms with Crippen LogP contribution in [0.4, 0.5) is 11.4 Å². The minimum atomic E-state index is 0.651. The molecule has 0 aromatic heterocycles. The van der Waals surface area contributed by atoms with E-state index in [0.717, 1.165) is 18.7 Å². The molecular formula is C14H21N3O. The maximum atomic E-state index is 6.21. The highest BCUT2D eigenvalue weighted by Crippen LogP contribution is 2.40. The van der Waals surface area contributed by atoms with E-state index in [1.807, 2.05) is 6.07 Å². The third kappa shape index (κ3) is 1.72. The fraction of sp³-hybridized carbons (Fsp3) is 0.571. The zero-order valence-electron chi connectivity index (χ0n) is 10.9. The summed E-state index contributed by atoms with van der Waals surface area (Å²) >= 11 is 0. The Kier molecular flexibility index (Phi) is 2.82. The van der Waals surface area contributed by atoms with Crippen LogP contribution in [0.25, 0.3) is 0 Å². The van der Waals surface area contributed by atoms with Crippen molar-refractivity contribution in [2.45, 2.75) is 38.3 Å². The predicted molar refractivity (Wildman–Crippen MR) is 73.6 cm³/mol. The topological polar surface area (TPSA) is 64.5 Å². The molecule has 1 fully saturated rings. The largest absolute Gasteiger partial charge is 0.492 e. The molecule has 4 N–H and O–H groups in total. The van der Waals surface area contributed by atoms with E-state index in [1.54, 1.807) is 7.11 Å². The van der Waals surface area contributed by atoms with Crippen LogP contribution in [-0.4, -0.2) is 24.6 Å². The van der Waals surface area contributed by atoms with Crippen molar-refractivity contribution in [1.29, 1.82) is 0 Å². The van der Waals surface area contributed by atoms with Crippen LogP contribution in [0.2, 0.25) is 0 Å². The monoisotopic (exact) mass is 247 g/mol. The van der Waals surface area contributed by atoms with Crippen LogP contribution < -0.4 is 16.2 Å². The number of nitrogens with zero attached hydrogens (tertiary/aromatic N) is 1. The molecule has 1 aromatic carbocycles. The molecule has 1 aromatic rings. The van der Waals surface area contributed by atoms with Crippen LogP contribution in [0.15, 0.2) is 6.07 Å². The molecular weight excluding hydrogens is 226 g/mol. The van der Waals surface area contributed by atoms with Crippen LogP contribution in [-0.2, 0) is 13.0 Å². The van der Waals surface area contributed by atoms with Crippen LogP contribution in [0.1, 0.15) is 30.4 Å². The van der Waals surface area contributed by atoms with Gasteiger partial charge in [-0.05, 0) is 43.0 Å². The first kappa shape index (κ1) is 11.7. The van der Waals surface area contributed by atoms with E-state index in [0.29, 0.717) is 17.5 Å². The SMILES string of the molecule is COc1c(N)cc2c(c1N)CC1CCCCN1C2. The van der Waals surface area contributed by atoms with Gasteiger partial charge < -0.3 is 16.2 Å². The number of fused-ring (bicyclic) bond motifs is 2. The normalized spacial score (nSPS) is 23.3.